The maximum atomic E-state index is 11.8. The highest BCUT2D eigenvalue weighted by Gasteiger charge is 2.34. The minimum Gasteiger partial charge on any atom is -0.497 e. The molecule has 0 atom stereocenters. The largest absolute Gasteiger partial charge is 0.497 e. The number of carbonyl (C=O) groups excluding carboxylic acids is 2. The Kier molecular flexibility index (Phi) is 5.77. The first kappa shape index (κ1) is 16.2. The second kappa shape index (κ2) is 7.10. The Morgan fingerprint density at radius 1 is 1.10 bits per heavy atom. The number of carbonyl (C=O) groups is 2. The minimum absolute atomic E-state index is 0.00788. The number of nitrogens with zero attached hydrogens (tertiary/aromatic N) is 1. The Labute approximate surface area is 124 Å². The van der Waals surface area contributed by atoms with Gasteiger partial charge in [-0.3, -0.25) is 14.5 Å². The van der Waals surface area contributed by atoms with Crippen molar-refractivity contribution in [1.82, 2.24) is 4.90 Å². The van der Waals surface area contributed by atoms with Gasteiger partial charge in [0.05, 0.1) is 13.7 Å². The molecule has 2 rings (SSSR count). The van der Waals surface area contributed by atoms with Gasteiger partial charge in [-0.15, -0.1) is 0 Å². The third-order valence-corrected chi connectivity index (χ3v) is 3.27. The summed E-state index contributed by atoms with van der Waals surface area (Å²) in [6, 6.07) is 7.17. The fourth-order valence-electron chi connectivity index (χ4n) is 1.72. The predicted octanol–water partition coefficient (Wildman–Crippen LogP) is 3.10. The van der Waals surface area contributed by atoms with Crippen molar-refractivity contribution in [3.63, 3.8) is 0 Å². The average molecular weight is 296 g/mol. The van der Waals surface area contributed by atoms with E-state index in [0.717, 1.165) is 16.2 Å². The van der Waals surface area contributed by atoms with Crippen LogP contribution in [0.4, 0.5) is 0 Å². The summed E-state index contributed by atoms with van der Waals surface area (Å²) in [5, 5.41) is 0.00788. The van der Waals surface area contributed by atoms with Gasteiger partial charge in [-0.05, 0) is 24.6 Å². The summed E-state index contributed by atoms with van der Waals surface area (Å²) in [6.45, 7) is 5.77. The molecule has 0 unspecified atom stereocenters. The number of benzene rings is 1. The number of hydrogen-bond acceptors (Lipinski definition) is 3. The van der Waals surface area contributed by atoms with Crippen LogP contribution in [0.5, 0.6) is 5.75 Å². The van der Waals surface area contributed by atoms with E-state index in [9.17, 15) is 9.59 Å². The van der Waals surface area contributed by atoms with Gasteiger partial charge in [0.1, 0.15) is 10.8 Å². The zero-order valence-corrected chi connectivity index (χ0v) is 12.8. The molecule has 20 heavy (non-hydrogen) atoms. The van der Waals surface area contributed by atoms with Crippen LogP contribution < -0.4 is 4.74 Å². The Morgan fingerprint density at radius 3 is 2.05 bits per heavy atom. The summed E-state index contributed by atoms with van der Waals surface area (Å²) in [5.41, 5.74) is 1.15. The molecule has 0 aliphatic carbocycles. The number of imide groups is 1. The molecular formula is C15H18ClNO3. The molecule has 5 heteroatoms. The van der Waals surface area contributed by atoms with Crippen molar-refractivity contribution in [2.75, 3.05) is 7.11 Å². The Hall–Kier alpha value is -1.81. The van der Waals surface area contributed by atoms with E-state index in [2.05, 4.69) is 0 Å². The van der Waals surface area contributed by atoms with Gasteiger partial charge in [0.15, 0.2) is 0 Å². The third-order valence-electron chi connectivity index (χ3n) is 2.83. The molecule has 1 aromatic carbocycles. The first-order chi connectivity index (χ1) is 9.54. The fourth-order valence-corrected chi connectivity index (χ4v) is 1.91. The van der Waals surface area contributed by atoms with Crippen LogP contribution in [0.3, 0.4) is 0 Å². The van der Waals surface area contributed by atoms with Crippen molar-refractivity contribution < 1.29 is 14.3 Å². The smallest absolute Gasteiger partial charge is 0.273 e. The van der Waals surface area contributed by atoms with Gasteiger partial charge in [-0.25, -0.2) is 0 Å². The van der Waals surface area contributed by atoms with Crippen LogP contribution in [0.25, 0.3) is 0 Å². The lowest BCUT2D eigenvalue weighted by Crippen LogP contribution is -2.30. The standard InChI is InChI=1S/C13H12ClNO3.C2H6/c1-8-11(14)13(17)15(12(8)16)7-9-3-5-10(18-2)6-4-9;1-2/h3-6H,7H2,1-2H3;1-2H3. The first-order valence-electron chi connectivity index (χ1n) is 6.40. The molecule has 108 valence electrons. The van der Waals surface area contributed by atoms with Gasteiger partial charge in [0.2, 0.25) is 0 Å². The van der Waals surface area contributed by atoms with Crippen LogP contribution in [0.15, 0.2) is 34.9 Å². The molecule has 0 saturated heterocycles. The lowest BCUT2D eigenvalue weighted by Gasteiger charge is -2.14. The van der Waals surface area contributed by atoms with E-state index in [1.807, 2.05) is 13.8 Å². The van der Waals surface area contributed by atoms with E-state index < -0.39 is 5.91 Å². The van der Waals surface area contributed by atoms with Gasteiger partial charge in [0.25, 0.3) is 11.8 Å². The summed E-state index contributed by atoms with van der Waals surface area (Å²) in [7, 11) is 1.58. The number of rotatable bonds is 3. The number of hydrogen-bond donors (Lipinski definition) is 0. The van der Waals surface area contributed by atoms with Crippen LogP contribution in [-0.2, 0) is 16.1 Å². The molecule has 0 radical (unpaired) electrons. The SMILES string of the molecule is CC.COc1ccc(CN2C(=O)C(C)=C(Cl)C2=O)cc1. The van der Waals surface area contributed by atoms with Crippen LogP contribution in [0.2, 0.25) is 0 Å². The highest BCUT2D eigenvalue weighted by atomic mass is 35.5. The van der Waals surface area contributed by atoms with Crippen molar-refractivity contribution in [2.45, 2.75) is 27.3 Å². The third kappa shape index (κ3) is 3.20. The number of ether oxygens (including phenoxy) is 1. The van der Waals surface area contributed by atoms with Gasteiger partial charge in [-0.2, -0.15) is 0 Å². The Morgan fingerprint density at radius 2 is 1.65 bits per heavy atom. The normalized spacial score (nSPS) is 14.3. The van der Waals surface area contributed by atoms with E-state index >= 15 is 0 Å². The molecule has 2 amide bonds. The first-order valence-corrected chi connectivity index (χ1v) is 6.78. The molecule has 0 N–H and O–H groups in total. The van der Waals surface area contributed by atoms with E-state index in [-0.39, 0.29) is 17.5 Å². The van der Waals surface area contributed by atoms with Gasteiger partial charge in [0, 0.05) is 5.57 Å². The average Bonchev–Trinajstić information content (AvgIpc) is 2.68. The molecule has 0 saturated carbocycles. The Bertz CT molecular complexity index is 511. The van der Waals surface area contributed by atoms with Crippen molar-refractivity contribution in [2.24, 2.45) is 0 Å². The molecule has 0 bridgehead atoms. The quantitative estimate of drug-likeness (QED) is 0.805. The monoisotopic (exact) mass is 295 g/mol. The summed E-state index contributed by atoms with van der Waals surface area (Å²) in [5.74, 6) is -0.0408. The van der Waals surface area contributed by atoms with Crippen LogP contribution in [0.1, 0.15) is 26.3 Å². The minimum atomic E-state index is -0.435. The van der Waals surface area contributed by atoms with Crippen LogP contribution >= 0.6 is 11.6 Å². The number of methoxy groups -OCH3 is 1. The number of halogens is 1. The topological polar surface area (TPSA) is 46.6 Å². The zero-order chi connectivity index (χ0) is 15.3. The highest BCUT2D eigenvalue weighted by molar-refractivity contribution is 6.47. The highest BCUT2D eigenvalue weighted by Crippen LogP contribution is 2.25. The van der Waals surface area contributed by atoms with Gasteiger partial charge in [-0.1, -0.05) is 37.6 Å². The van der Waals surface area contributed by atoms with Crippen molar-refractivity contribution in [1.29, 1.82) is 0 Å². The second-order valence-corrected chi connectivity index (χ2v) is 4.36. The van der Waals surface area contributed by atoms with Crippen LogP contribution in [-0.4, -0.2) is 23.8 Å². The molecule has 4 nitrogen and oxygen atoms in total. The summed E-state index contributed by atoms with van der Waals surface area (Å²) < 4.78 is 5.04. The lowest BCUT2D eigenvalue weighted by molar-refractivity contribution is -0.138. The molecule has 1 aromatic rings. The molecule has 0 spiro atoms. The Balaban J connectivity index is 0.000000956. The van der Waals surface area contributed by atoms with Crippen LogP contribution in [0, 0.1) is 0 Å². The molecular weight excluding hydrogens is 278 g/mol. The summed E-state index contributed by atoms with van der Waals surface area (Å²) in [4.78, 5) is 24.7. The number of amides is 2. The van der Waals surface area contributed by atoms with Crippen molar-refractivity contribution in [3.8, 4) is 5.75 Å². The second-order valence-electron chi connectivity index (χ2n) is 3.98. The molecule has 1 aliphatic heterocycles. The van der Waals surface area contributed by atoms with Gasteiger partial charge < -0.3 is 4.74 Å². The maximum Gasteiger partial charge on any atom is 0.273 e. The molecule has 0 fully saturated rings. The summed E-state index contributed by atoms with van der Waals surface area (Å²) in [6.07, 6.45) is 0. The molecule has 1 heterocycles. The van der Waals surface area contributed by atoms with E-state index in [1.165, 1.54) is 0 Å². The van der Waals surface area contributed by atoms with E-state index in [4.69, 9.17) is 16.3 Å². The molecule has 0 aromatic heterocycles. The predicted molar refractivity (Wildman–Crippen MR) is 78.5 cm³/mol. The van der Waals surface area contributed by atoms with Crippen molar-refractivity contribution in [3.05, 3.63) is 40.4 Å². The maximum absolute atomic E-state index is 11.8. The van der Waals surface area contributed by atoms with Gasteiger partial charge >= 0.3 is 0 Å². The zero-order valence-electron chi connectivity index (χ0n) is 12.1. The fraction of sp³-hybridized carbons (Fsp3) is 0.333. The lowest BCUT2D eigenvalue weighted by atomic mass is 10.2. The van der Waals surface area contributed by atoms with E-state index in [0.29, 0.717) is 5.57 Å². The van der Waals surface area contributed by atoms with E-state index in [1.54, 1.807) is 38.3 Å². The van der Waals surface area contributed by atoms with Crippen molar-refractivity contribution >= 4 is 23.4 Å². The molecule has 1 aliphatic rings. The summed E-state index contributed by atoms with van der Waals surface area (Å²) >= 11 is 5.76.